The average molecular weight is 371 g/mol. The van der Waals surface area contributed by atoms with Crippen LogP contribution in [0.3, 0.4) is 0 Å². The van der Waals surface area contributed by atoms with E-state index in [2.05, 4.69) is 16.8 Å². The van der Waals surface area contributed by atoms with Gasteiger partial charge in [-0.25, -0.2) is 0 Å². The molecular formula is C21H29N3O3. The number of hydrogen-bond acceptors (Lipinski definition) is 5. The van der Waals surface area contributed by atoms with Gasteiger partial charge in [-0.1, -0.05) is 30.3 Å². The van der Waals surface area contributed by atoms with Crippen LogP contribution in [0.5, 0.6) is 5.75 Å². The Morgan fingerprint density at radius 1 is 1.15 bits per heavy atom. The summed E-state index contributed by atoms with van der Waals surface area (Å²) in [4.78, 5) is 17.9. The van der Waals surface area contributed by atoms with Crippen LogP contribution in [0.15, 0.2) is 41.2 Å². The summed E-state index contributed by atoms with van der Waals surface area (Å²) in [6, 6.07) is 11.4. The molecule has 146 valence electrons. The van der Waals surface area contributed by atoms with Gasteiger partial charge in [0.2, 0.25) is 0 Å². The average Bonchev–Trinajstić information content (AvgIpc) is 2.66. The van der Waals surface area contributed by atoms with Crippen molar-refractivity contribution in [1.82, 2.24) is 14.4 Å². The Labute approximate surface area is 160 Å². The molecule has 0 aliphatic carbocycles. The van der Waals surface area contributed by atoms with E-state index in [1.54, 1.807) is 17.7 Å². The Hall–Kier alpha value is -2.15. The van der Waals surface area contributed by atoms with Gasteiger partial charge in [-0.3, -0.25) is 9.69 Å². The monoisotopic (exact) mass is 371 g/mol. The smallest absolute Gasteiger partial charge is 0.259 e. The van der Waals surface area contributed by atoms with E-state index in [-0.39, 0.29) is 17.4 Å². The number of piperazine rings is 1. The molecule has 2 heterocycles. The van der Waals surface area contributed by atoms with Crippen molar-refractivity contribution in [2.75, 3.05) is 46.9 Å². The molecule has 1 saturated heterocycles. The standard InChI is InChI=1S/C21H29N3O3/c1-16-15-18(25)19(21(26)24(16)13-14-27-3)20(17-7-5-4-6-8-17)23-11-9-22(2)10-12-23/h4-8,15,20,25H,9-14H2,1-3H3/t20-/m0/s1. The summed E-state index contributed by atoms with van der Waals surface area (Å²) in [5.74, 6) is 0.0685. The summed E-state index contributed by atoms with van der Waals surface area (Å²) in [6.45, 7) is 6.34. The molecule has 0 spiro atoms. The molecule has 1 atom stereocenters. The van der Waals surface area contributed by atoms with Crippen molar-refractivity contribution in [2.24, 2.45) is 0 Å². The van der Waals surface area contributed by atoms with Gasteiger partial charge < -0.3 is 19.3 Å². The molecule has 0 radical (unpaired) electrons. The maximum atomic E-state index is 13.3. The Kier molecular flexibility index (Phi) is 6.31. The first-order valence-electron chi connectivity index (χ1n) is 9.42. The molecule has 2 aromatic rings. The second-order valence-electron chi connectivity index (χ2n) is 7.19. The van der Waals surface area contributed by atoms with Gasteiger partial charge in [-0.05, 0) is 25.6 Å². The van der Waals surface area contributed by atoms with Crippen LogP contribution in [0.1, 0.15) is 22.9 Å². The molecule has 1 aromatic carbocycles. The molecule has 0 amide bonds. The number of aryl methyl sites for hydroxylation is 1. The number of aromatic nitrogens is 1. The van der Waals surface area contributed by atoms with Crippen molar-refractivity contribution >= 4 is 0 Å². The van der Waals surface area contributed by atoms with E-state index >= 15 is 0 Å². The van der Waals surface area contributed by atoms with Gasteiger partial charge in [-0.2, -0.15) is 0 Å². The number of ether oxygens (including phenoxy) is 1. The van der Waals surface area contributed by atoms with Crippen LogP contribution < -0.4 is 5.56 Å². The summed E-state index contributed by atoms with van der Waals surface area (Å²) < 4.78 is 6.86. The second-order valence-corrected chi connectivity index (χ2v) is 7.19. The largest absolute Gasteiger partial charge is 0.507 e. The molecule has 1 fully saturated rings. The molecule has 0 saturated carbocycles. The summed E-state index contributed by atoms with van der Waals surface area (Å²) in [5.41, 5.74) is 2.07. The molecule has 6 heteroatoms. The second kappa shape index (κ2) is 8.69. The minimum atomic E-state index is -0.262. The zero-order chi connectivity index (χ0) is 19.4. The van der Waals surface area contributed by atoms with Gasteiger partial charge in [0.15, 0.2) is 0 Å². The van der Waals surface area contributed by atoms with Gasteiger partial charge in [0, 0.05) is 45.5 Å². The molecule has 27 heavy (non-hydrogen) atoms. The minimum Gasteiger partial charge on any atom is -0.507 e. The number of pyridine rings is 1. The van der Waals surface area contributed by atoms with Gasteiger partial charge in [-0.15, -0.1) is 0 Å². The van der Waals surface area contributed by atoms with Crippen LogP contribution in [0, 0.1) is 6.92 Å². The highest BCUT2D eigenvalue weighted by Crippen LogP contribution is 2.33. The van der Waals surface area contributed by atoms with Crippen molar-refractivity contribution in [1.29, 1.82) is 0 Å². The van der Waals surface area contributed by atoms with Gasteiger partial charge in [0.25, 0.3) is 5.56 Å². The van der Waals surface area contributed by atoms with Crippen molar-refractivity contribution in [3.05, 3.63) is 63.6 Å². The zero-order valence-corrected chi connectivity index (χ0v) is 16.4. The normalized spacial score (nSPS) is 17.1. The number of benzene rings is 1. The molecule has 1 aliphatic rings. The minimum absolute atomic E-state index is 0.0685. The van der Waals surface area contributed by atoms with Crippen molar-refractivity contribution in [3.63, 3.8) is 0 Å². The Balaban J connectivity index is 2.11. The van der Waals surface area contributed by atoms with Crippen LogP contribution in [0.4, 0.5) is 0 Å². The molecule has 1 N–H and O–H groups in total. The Morgan fingerprint density at radius 3 is 2.44 bits per heavy atom. The van der Waals surface area contributed by atoms with Crippen molar-refractivity contribution in [2.45, 2.75) is 19.5 Å². The molecular weight excluding hydrogens is 342 g/mol. The molecule has 3 rings (SSSR count). The van der Waals surface area contributed by atoms with Crippen LogP contribution in [-0.2, 0) is 11.3 Å². The lowest BCUT2D eigenvalue weighted by molar-refractivity contribution is 0.125. The first-order chi connectivity index (χ1) is 13.0. The first-order valence-corrected chi connectivity index (χ1v) is 9.42. The highest BCUT2D eigenvalue weighted by Gasteiger charge is 2.30. The number of hydrogen-bond donors (Lipinski definition) is 1. The summed E-state index contributed by atoms with van der Waals surface area (Å²) in [6.07, 6.45) is 0. The highest BCUT2D eigenvalue weighted by molar-refractivity contribution is 5.41. The van der Waals surface area contributed by atoms with Gasteiger partial charge in [0.05, 0.1) is 18.2 Å². The molecule has 0 unspecified atom stereocenters. The lowest BCUT2D eigenvalue weighted by Crippen LogP contribution is -2.47. The van der Waals surface area contributed by atoms with E-state index in [9.17, 15) is 9.90 Å². The van der Waals surface area contributed by atoms with Crippen LogP contribution in [-0.4, -0.2) is 66.4 Å². The maximum Gasteiger partial charge on any atom is 0.259 e. The zero-order valence-electron chi connectivity index (χ0n) is 16.4. The van der Waals surface area contributed by atoms with Crippen molar-refractivity contribution < 1.29 is 9.84 Å². The number of methoxy groups -OCH3 is 1. The fourth-order valence-corrected chi connectivity index (χ4v) is 3.76. The number of likely N-dealkylation sites (N-methyl/N-ethyl adjacent to an activating group) is 1. The third-order valence-corrected chi connectivity index (χ3v) is 5.33. The van der Waals surface area contributed by atoms with Crippen molar-refractivity contribution in [3.8, 4) is 5.75 Å². The maximum absolute atomic E-state index is 13.3. The van der Waals surface area contributed by atoms with E-state index in [1.807, 2.05) is 37.3 Å². The van der Waals surface area contributed by atoms with Gasteiger partial charge in [0.1, 0.15) is 5.75 Å². The fraction of sp³-hybridized carbons (Fsp3) is 0.476. The summed E-state index contributed by atoms with van der Waals surface area (Å²) in [7, 11) is 3.73. The number of aromatic hydroxyl groups is 1. The van der Waals surface area contributed by atoms with E-state index in [0.717, 1.165) is 37.4 Å². The van der Waals surface area contributed by atoms with Crippen LogP contribution in [0.2, 0.25) is 0 Å². The van der Waals surface area contributed by atoms with E-state index in [0.29, 0.717) is 18.7 Å². The molecule has 6 nitrogen and oxygen atoms in total. The van der Waals surface area contributed by atoms with Crippen LogP contribution >= 0.6 is 0 Å². The molecule has 1 aliphatic heterocycles. The lowest BCUT2D eigenvalue weighted by atomic mass is 9.96. The summed E-state index contributed by atoms with van der Waals surface area (Å²) >= 11 is 0. The van der Waals surface area contributed by atoms with Gasteiger partial charge >= 0.3 is 0 Å². The molecule has 1 aromatic heterocycles. The van der Waals surface area contributed by atoms with E-state index in [1.165, 1.54) is 0 Å². The Bertz CT molecular complexity index is 811. The predicted molar refractivity (Wildman–Crippen MR) is 106 cm³/mol. The quantitative estimate of drug-likeness (QED) is 0.840. The predicted octanol–water partition coefficient (Wildman–Crippen LogP) is 1.85. The number of rotatable bonds is 6. The van der Waals surface area contributed by atoms with Crippen LogP contribution in [0.25, 0.3) is 0 Å². The SMILES string of the molecule is COCCn1c(C)cc(O)c([C@H](c2ccccc2)N2CCN(C)CC2)c1=O. The fourth-order valence-electron chi connectivity index (χ4n) is 3.76. The molecule has 0 bridgehead atoms. The highest BCUT2D eigenvalue weighted by atomic mass is 16.5. The number of nitrogens with zero attached hydrogens (tertiary/aromatic N) is 3. The lowest BCUT2D eigenvalue weighted by Gasteiger charge is -2.38. The third-order valence-electron chi connectivity index (χ3n) is 5.33. The first kappa shape index (κ1) is 19.6. The van der Waals surface area contributed by atoms with E-state index < -0.39 is 0 Å². The topological polar surface area (TPSA) is 57.9 Å². The summed E-state index contributed by atoms with van der Waals surface area (Å²) in [5, 5.41) is 10.8. The third kappa shape index (κ3) is 4.24. The van der Waals surface area contributed by atoms with E-state index in [4.69, 9.17) is 4.74 Å². The Morgan fingerprint density at radius 2 is 1.81 bits per heavy atom.